The highest BCUT2D eigenvalue weighted by Crippen LogP contribution is 2.36. The van der Waals surface area contributed by atoms with Crippen LogP contribution in [-0.4, -0.2) is 49.9 Å². The van der Waals surface area contributed by atoms with Crippen molar-refractivity contribution in [2.45, 2.75) is 19.4 Å². The highest BCUT2D eigenvalue weighted by molar-refractivity contribution is 6.32. The van der Waals surface area contributed by atoms with Crippen molar-refractivity contribution >= 4 is 40.7 Å². The van der Waals surface area contributed by atoms with E-state index in [0.717, 1.165) is 10.5 Å². The fraction of sp³-hybridized carbons (Fsp3) is 0.286. The molecule has 0 unspecified atom stereocenters. The molecular weight excluding hydrogens is 394 g/mol. The number of methoxy groups -OCH3 is 1. The summed E-state index contributed by atoms with van der Waals surface area (Å²) in [7, 11) is 4.82. The van der Waals surface area contributed by atoms with Gasteiger partial charge in [0.2, 0.25) is 5.91 Å². The van der Waals surface area contributed by atoms with Crippen molar-refractivity contribution in [3.8, 4) is 5.75 Å². The lowest BCUT2D eigenvalue weighted by Crippen LogP contribution is -2.35. The van der Waals surface area contributed by atoms with Crippen molar-refractivity contribution in [1.82, 2.24) is 4.90 Å². The van der Waals surface area contributed by atoms with Gasteiger partial charge in [-0.25, -0.2) is 4.90 Å². The molecule has 1 fully saturated rings. The Hall–Kier alpha value is -3.06. The molecule has 0 bridgehead atoms. The third kappa shape index (κ3) is 4.05. The minimum atomic E-state index is -0.710. The van der Waals surface area contributed by atoms with E-state index in [1.165, 1.54) is 12.0 Å². The first-order chi connectivity index (χ1) is 13.7. The number of carbonyl (C=O) groups excluding carboxylic acids is 3. The van der Waals surface area contributed by atoms with Gasteiger partial charge in [0.15, 0.2) is 0 Å². The van der Waals surface area contributed by atoms with E-state index in [2.05, 4.69) is 5.32 Å². The Bertz CT molecular complexity index is 973. The summed E-state index contributed by atoms with van der Waals surface area (Å²) >= 11 is 6.13. The number of halogens is 1. The summed E-state index contributed by atoms with van der Waals surface area (Å²) in [4.78, 5) is 40.1. The minimum absolute atomic E-state index is 0.0159. The maximum absolute atomic E-state index is 12.9. The smallest absolute Gasteiger partial charge is 0.256 e. The Morgan fingerprint density at radius 3 is 2.45 bits per heavy atom. The topological polar surface area (TPSA) is 79.0 Å². The molecule has 152 valence electrons. The lowest BCUT2D eigenvalue weighted by atomic mass is 10.1. The van der Waals surface area contributed by atoms with E-state index >= 15 is 0 Å². The van der Waals surface area contributed by atoms with Crippen LogP contribution in [0.2, 0.25) is 5.02 Å². The van der Waals surface area contributed by atoms with Crippen LogP contribution >= 0.6 is 11.6 Å². The average Bonchev–Trinajstić information content (AvgIpc) is 2.96. The van der Waals surface area contributed by atoms with Gasteiger partial charge in [-0.05, 0) is 42.8 Å². The lowest BCUT2D eigenvalue weighted by Gasteiger charge is -2.20. The van der Waals surface area contributed by atoms with E-state index < -0.39 is 6.04 Å². The fourth-order valence-corrected chi connectivity index (χ4v) is 3.31. The zero-order valence-electron chi connectivity index (χ0n) is 16.7. The molecule has 3 amide bonds. The third-order valence-electron chi connectivity index (χ3n) is 4.73. The molecular formula is C21H22ClN3O4. The van der Waals surface area contributed by atoms with Crippen LogP contribution in [0, 0.1) is 6.92 Å². The summed E-state index contributed by atoms with van der Waals surface area (Å²) in [5.74, 6) is -0.454. The summed E-state index contributed by atoms with van der Waals surface area (Å²) in [6, 6.07) is 9.33. The van der Waals surface area contributed by atoms with Gasteiger partial charge in [0, 0.05) is 36.4 Å². The van der Waals surface area contributed by atoms with Gasteiger partial charge in [-0.3, -0.25) is 14.4 Å². The van der Waals surface area contributed by atoms with Crippen molar-refractivity contribution in [3.63, 3.8) is 0 Å². The second kappa shape index (κ2) is 8.13. The molecule has 1 atom stereocenters. The summed E-state index contributed by atoms with van der Waals surface area (Å²) in [5.41, 5.74) is 2.30. The summed E-state index contributed by atoms with van der Waals surface area (Å²) < 4.78 is 5.31. The Balaban J connectivity index is 1.81. The Morgan fingerprint density at radius 2 is 1.86 bits per heavy atom. The summed E-state index contributed by atoms with van der Waals surface area (Å²) in [5, 5.41) is 3.57. The average molecular weight is 416 g/mol. The zero-order chi connectivity index (χ0) is 21.3. The first-order valence-corrected chi connectivity index (χ1v) is 9.40. The quantitative estimate of drug-likeness (QED) is 0.759. The molecule has 29 heavy (non-hydrogen) atoms. The van der Waals surface area contributed by atoms with Gasteiger partial charge in [-0.1, -0.05) is 11.6 Å². The van der Waals surface area contributed by atoms with Crippen LogP contribution in [0.15, 0.2) is 36.4 Å². The third-order valence-corrected chi connectivity index (χ3v) is 5.13. The zero-order valence-corrected chi connectivity index (χ0v) is 17.4. The van der Waals surface area contributed by atoms with Gasteiger partial charge >= 0.3 is 0 Å². The molecule has 1 saturated heterocycles. The van der Waals surface area contributed by atoms with E-state index in [-0.39, 0.29) is 24.1 Å². The Morgan fingerprint density at radius 1 is 1.21 bits per heavy atom. The number of hydrogen-bond donors (Lipinski definition) is 1. The van der Waals surface area contributed by atoms with Gasteiger partial charge in [0.1, 0.15) is 11.8 Å². The van der Waals surface area contributed by atoms with Gasteiger partial charge in [-0.15, -0.1) is 0 Å². The van der Waals surface area contributed by atoms with Crippen molar-refractivity contribution in [2.75, 3.05) is 31.4 Å². The number of ether oxygens (including phenoxy) is 1. The molecule has 0 saturated carbocycles. The van der Waals surface area contributed by atoms with Crippen LogP contribution in [0.4, 0.5) is 11.4 Å². The molecule has 1 aliphatic heterocycles. The molecule has 0 aromatic heterocycles. The number of rotatable bonds is 5. The Kier molecular flexibility index (Phi) is 5.79. The largest absolute Gasteiger partial charge is 0.495 e. The molecule has 1 N–H and O–H groups in total. The van der Waals surface area contributed by atoms with Gasteiger partial charge in [-0.2, -0.15) is 0 Å². The Labute approximate surface area is 174 Å². The van der Waals surface area contributed by atoms with Crippen LogP contribution in [0.5, 0.6) is 5.75 Å². The lowest BCUT2D eigenvalue weighted by molar-refractivity contribution is -0.121. The second-order valence-electron chi connectivity index (χ2n) is 7.02. The van der Waals surface area contributed by atoms with Gasteiger partial charge < -0.3 is 15.0 Å². The maximum atomic E-state index is 12.9. The monoisotopic (exact) mass is 415 g/mol. The first-order valence-electron chi connectivity index (χ1n) is 9.02. The number of imide groups is 1. The van der Waals surface area contributed by atoms with Gasteiger partial charge in [0.05, 0.1) is 19.2 Å². The van der Waals surface area contributed by atoms with Crippen LogP contribution in [0.25, 0.3) is 0 Å². The van der Waals surface area contributed by atoms with Crippen molar-refractivity contribution in [1.29, 1.82) is 0 Å². The van der Waals surface area contributed by atoms with Crippen molar-refractivity contribution < 1.29 is 19.1 Å². The van der Waals surface area contributed by atoms with Gasteiger partial charge in [0.25, 0.3) is 11.8 Å². The van der Waals surface area contributed by atoms with Crippen molar-refractivity contribution in [3.05, 3.63) is 52.5 Å². The minimum Gasteiger partial charge on any atom is -0.495 e. The predicted molar refractivity (Wildman–Crippen MR) is 112 cm³/mol. The molecule has 0 radical (unpaired) electrons. The standard InChI is InChI=1S/C21H22ClN3O4/c1-12-9-17(18(29-4)10-15(12)22)25-19(26)11-16(21(25)28)23-14-7-5-13(6-8-14)20(27)24(2)3/h5-10,16,23H,11H2,1-4H3/t16-/m0/s1. The first kappa shape index (κ1) is 20.7. The second-order valence-corrected chi connectivity index (χ2v) is 7.43. The van der Waals surface area contributed by atoms with Crippen LogP contribution in [0.1, 0.15) is 22.3 Å². The highest BCUT2D eigenvalue weighted by atomic mass is 35.5. The number of aryl methyl sites for hydroxylation is 1. The molecule has 2 aromatic carbocycles. The van der Waals surface area contributed by atoms with Crippen LogP contribution < -0.4 is 15.0 Å². The number of hydrogen-bond acceptors (Lipinski definition) is 5. The number of carbonyl (C=O) groups is 3. The molecule has 3 rings (SSSR count). The number of benzene rings is 2. The molecule has 1 aliphatic rings. The molecule has 0 aliphatic carbocycles. The van der Waals surface area contributed by atoms with Crippen LogP contribution in [-0.2, 0) is 9.59 Å². The SMILES string of the molecule is COc1cc(Cl)c(C)cc1N1C(=O)C[C@H](Nc2ccc(C(=O)N(C)C)cc2)C1=O. The van der Waals surface area contributed by atoms with E-state index in [1.54, 1.807) is 57.4 Å². The van der Waals surface area contributed by atoms with E-state index in [9.17, 15) is 14.4 Å². The number of amides is 3. The number of nitrogens with zero attached hydrogens (tertiary/aromatic N) is 2. The van der Waals surface area contributed by atoms with E-state index in [1.807, 2.05) is 0 Å². The van der Waals surface area contributed by atoms with Crippen LogP contribution in [0.3, 0.4) is 0 Å². The number of anilines is 2. The molecule has 7 nitrogen and oxygen atoms in total. The normalized spacial score (nSPS) is 16.2. The molecule has 2 aromatic rings. The van der Waals surface area contributed by atoms with Crippen molar-refractivity contribution in [2.24, 2.45) is 0 Å². The summed E-state index contributed by atoms with van der Waals surface area (Å²) in [6.45, 7) is 1.79. The fourth-order valence-electron chi connectivity index (χ4n) is 3.15. The molecule has 1 heterocycles. The number of nitrogens with one attached hydrogen (secondary N) is 1. The molecule has 0 spiro atoms. The highest BCUT2D eigenvalue weighted by Gasteiger charge is 2.41. The maximum Gasteiger partial charge on any atom is 0.256 e. The molecule has 8 heteroatoms. The van der Waals surface area contributed by atoms with E-state index in [4.69, 9.17) is 16.3 Å². The van der Waals surface area contributed by atoms with E-state index in [0.29, 0.717) is 27.7 Å². The summed E-state index contributed by atoms with van der Waals surface area (Å²) in [6.07, 6.45) is 0.0159. The predicted octanol–water partition coefficient (Wildman–Crippen LogP) is 3.10.